The van der Waals surface area contributed by atoms with E-state index in [1.807, 2.05) is 0 Å². The van der Waals surface area contributed by atoms with Crippen molar-refractivity contribution in [2.45, 2.75) is 13.1 Å². The molecule has 0 atom stereocenters. The molecule has 0 amide bonds. The number of rotatable bonds is 2. The Kier molecular flexibility index (Phi) is 4.13. The van der Waals surface area contributed by atoms with Crippen molar-refractivity contribution in [2.24, 2.45) is 5.73 Å². The van der Waals surface area contributed by atoms with Gasteiger partial charge in [0.25, 0.3) is 0 Å². The summed E-state index contributed by atoms with van der Waals surface area (Å²) >= 11 is 0. The van der Waals surface area contributed by atoms with Gasteiger partial charge in [-0.25, -0.2) is 8.78 Å². The number of allylic oxidation sites excluding steroid dienone is 1. The zero-order valence-electron chi connectivity index (χ0n) is 9.61. The normalized spacial score (nSPS) is 12.4. The molecule has 0 saturated heterocycles. The molecule has 0 aromatic heterocycles. The van der Waals surface area contributed by atoms with Crippen LogP contribution in [-0.2, 0) is 6.18 Å². The van der Waals surface area contributed by atoms with E-state index < -0.39 is 35.0 Å². The summed E-state index contributed by atoms with van der Waals surface area (Å²) < 4.78 is 67.9. The van der Waals surface area contributed by atoms with E-state index in [0.717, 1.165) is 6.08 Å². The van der Waals surface area contributed by atoms with E-state index in [1.54, 1.807) is 0 Å². The van der Waals surface area contributed by atoms with Crippen molar-refractivity contribution in [1.82, 2.24) is 0 Å². The second kappa shape index (κ2) is 5.25. The van der Waals surface area contributed by atoms with Gasteiger partial charge in [-0.1, -0.05) is 0 Å². The standard InChI is InChI=1S/C11H9F5N2O/c1-5(17)2-9(18)19-10-7(12)3-6(4-8(10)13)11(14,15)16/h2-4,18H,17H2,1H3/b5-2-,18-9?. The van der Waals surface area contributed by atoms with Crippen LogP contribution in [0.4, 0.5) is 22.0 Å². The van der Waals surface area contributed by atoms with E-state index in [1.165, 1.54) is 6.92 Å². The smallest absolute Gasteiger partial charge is 0.416 e. The molecule has 0 spiro atoms. The largest absolute Gasteiger partial charge is 0.433 e. The fraction of sp³-hybridized carbons (Fsp3) is 0.182. The Morgan fingerprint density at radius 3 is 2.11 bits per heavy atom. The van der Waals surface area contributed by atoms with Crippen LogP contribution in [0.2, 0.25) is 0 Å². The number of nitrogens with one attached hydrogen (secondary N) is 1. The first-order chi connectivity index (χ1) is 8.61. The van der Waals surface area contributed by atoms with Gasteiger partial charge in [0.15, 0.2) is 11.6 Å². The molecule has 0 aliphatic carbocycles. The van der Waals surface area contributed by atoms with Crippen LogP contribution in [0.5, 0.6) is 5.75 Å². The highest BCUT2D eigenvalue weighted by molar-refractivity contribution is 5.87. The summed E-state index contributed by atoms with van der Waals surface area (Å²) in [4.78, 5) is 0. The van der Waals surface area contributed by atoms with Crippen LogP contribution in [0.25, 0.3) is 0 Å². The van der Waals surface area contributed by atoms with Crippen molar-refractivity contribution in [3.63, 3.8) is 0 Å². The summed E-state index contributed by atoms with van der Waals surface area (Å²) in [5, 5.41) is 7.19. The molecule has 0 heterocycles. The Hall–Kier alpha value is -2.12. The highest BCUT2D eigenvalue weighted by Gasteiger charge is 2.33. The van der Waals surface area contributed by atoms with Gasteiger partial charge in [0.05, 0.1) is 5.56 Å². The van der Waals surface area contributed by atoms with Crippen molar-refractivity contribution >= 4 is 5.90 Å². The highest BCUT2D eigenvalue weighted by Crippen LogP contribution is 2.33. The number of benzene rings is 1. The predicted molar refractivity (Wildman–Crippen MR) is 57.7 cm³/mol. The summed E-state index contributed by atoms with van der Waals surface area (Å²) in [6.45, 7) is 1.40. The lowest BCUT2D eigenvalue weighted by Gasteiger charge is -2.11. The van der Waals surface area contributed by atoms with E-state index in [0.29, 0.717) is 0 Å². The fourth-order valence-corrected chi connectivity index (χ4v) is 1.17. The van der Waals surface area contributed by atoms with Crippen molar-refractivity contribution in [3.05, 3.63) is 41.1 Å². The van der Waals surface area contributed by atoms with Crippen molar-refractivity contribution < 1.29 is 26.7 Å². The molecule has 3 N–H and O–H groups in total. The predicted octanol–water partition coefficient (Wildman–Crippen LogP) is 3.20. The molecule has 0 bridgehead atoms. The quantitative estimate of drug-likeness (QED) is 0.496. The van der Waals surface area contributed by atoms with Gasteiger partial charge in [0.1, 0.15) is 0 Å². The number of alkyl halides is 3. The molecule has 1 aromatic carbocycles. The van der Waals surface area contributed by atoms with Crippen LogP contribution >= 0.6 is 0 Å². The van der Waals surface area contributed by atoms with Crippen LogP contribution in [0.3, 0.4) is 0 Å². The maximum atomic E-state index is 13.3. The van der Waals surface area contributed by atoms with Crippen LogP contribution < -0.4 is 10.5 Å². The average Bonchev–Trinajstić information content (AvgIpc) is 2.20. The van der Waals surface area contributed by atoms with Crippen LogP contribution in [0.1, 0.15) is 12.5 Å². The minimum absolute atomic E-state index is 0.0880. The molecule has 1 rings (SSSR count). The average molecular weight is 280 g/mol. The molecule has 0 aliphatic rings. The Balaban J connectivity index is 3.12. The number of hydrogen-bond donors (Lipinski definition) is 2. The zero-order chi connectivity index (χ0) is 14.8. The fourth-order valence-electron chi connectivity index (χ4n) is 1.17. The van der Waals surface area contributed by atoms with Gasteiger partial charge in [-0.2, -0.15) is 13.2 Å². The van der Waals surface area contributed by atoms with Crippen LogP contribution in [0, 0.1) is 17.0 Å². The minimum Gasteiger partial charge on any atom is -0.433 e. The third-order valence-corrected chi connectivity index (χ3v) is 1.90. The van der Waals surface area contributed by atoms with Crippen molar-refractivity contribution in [3.8, 4) is 5.75 Å². The third kappa shape index (κ3) is 3.94. The van der Waals surface area contributed by atoms with Crippen molar-refractivity contribution in [2.75, 3.05) is 0 Å². The van der Waals surface area contributed by atoms with Gasteiger partial charge in [-0.05, 0) is 19.1 Å². The summed E-state index contributed by atoms with van der Waals surface area (Å²) in [6, 6.07) is 0.176. The first-order valence-corrected chi connectivity index (χ1v) is 4.87. The Morgan fingerprint density at radius 2 is 1.74 bits per heavy atom. The van der Waals surface area contributed by atoms with Gasteiger partial charge in [-0.3, -0.25) is 5.41 Å². The molecule has 1 aromatic rings. The SMILES string of the molecule is C/C(N)=C/C(=N)Oc1c(F)cc(C(F)(F)F)cc1F. The van der Waals surface area contributed by atoms with E-state index in [-0.39, 0.29) is 17.8 Å². The van der Waals surface area contributed by atoms with Gasteiger partial charge in [-0.15, -0.1) is 0 Å². The molecular formula is C11H9F5N2O. The molecule has 0 aliphatic heterocycles. The number of ether oxygens (including phenoxy) is 1. The third-order valence-electron chi connectivity index (χ3n) is 1.90. The van der Waals surface area contributed by atoms with E-state index >= 15 is 0 Å². The maximum absolute atomic E-state index is 13.3. The van der Waals surface area contributed by atoms with Gasteiger partial charge < -0.3 is 10.5 Å². The molecule has 8 heteroatoms. The highest BCUT2D eigenvalue weighted by atomic mass is 19.4. The molecule has 104 valence electrons. The molecule has 0 radical (unpaired) electrons. The second-order valence-corrected chi connectivity index (χ2v) is 3.62. The topological polar surface area (TPSA) is 59.1 Å². The number of hydrogen-bond acceptors (Lipinski definition) is 3. The van der Waals surface area contributed by atoms with Gasteiger partial charge >= 0.3 is 6.18 Å². The lowest BCUT2D eigenvalue weighted by molar-refractivity contribution is -0.138. The van der Waals surface area contributed by atoms with E-state index in [9.17, 15) is 22.0 Å². The molecule has 0 saturated carbocycles. The lowest BCUT2D eigenvalue weighted by Crippen LogP contribution is -2.11. The Labute approximate surface area is 105 Å². The Morgan fingerprint density at radius 1 is 1.26 bits per heavy atom. The number of nitrogens with two attached hydrogens (primary N) is 1. The minimum atomic E-state index is -4.87. The van der Waals surface area contributed by atoms with Crippen LogP contribution in [-0.4, -0.2) is 5.90 Å². The first kappa shape index (κ1) is 14.9. The molecule has 0 fully saturated rings. The summed E-state index contributed by atoms with van der Waals surface area (Å²) in [6.07, 6.45) is -3.92. The van der Waals surface area contributed by atoms with E-state index in [2.05, 4.69) is 4.74 Å². The summed E-state index contributed by atoms with van der Waals surface area (Å²) in [5.74, 6) is -4.90. The lowest BCUT2D eigenvalue weighted by atomic mass is 10.2. The molecule has 3 nitrogen and oxygen atoms in total. The zero-order valence-corrected chi connectivity index (χ0v) is 9.61. The molecule has 19 heavy (non-hydrogen) atoms. The summed E-state index contributed by atoms with van der Waals surface area (Å²) in [5.41, 5.74) is 3.87. The van der Waals surface area contributed by atoms with Gasteiger partial charge in [0.2, 0.25) is 11.6 Å². The molecular weight excluding hydrogens is 271 g/mol. The van der Waals surface area contributed by atoms with E-state index in [4.69, 9.17) is 11.1 Å². The molecule has 0 unspecified atom stereocenters. The van der Waals surface area contributed by atoms with Crippen molar-refractivity contribution in [1.29, 1.82) is 5.41 Å². The maximum Gasteiger partial charge on any atom is 0.416 e. The number of halogens is 5. The Bertz CT molecular complexity index is 509. The first-order valence-electron chi connectivity index (χ1n) is 4.87. The van der Waals surface area contributed by atoms with Crippen LogP contribution in [0.15, 0.2) is 23.9 Å². The van der Waals surface area contributed by atoms with Gasteiger partial charge in [0, 0.05) is 11.8 Å². The second-order valence-electron chi connectivity index (χ2n) is 3.62. The monoisotopic (exact) mass is 280 g/mol. The summed E-state index contributed by atoms with van der Waals surface area (Å²) in [7, 11) is 0.